The van der Waals surface area contributed by atoms with Crippen LogP contribution in [0.3, 0.4) is 0 Å². The van der Waals surface area contributed by atoms with Crippen molar-refractivity contribution in [1.82, 2.24) is 24.9 Å². The number of pyridine rings is 1. The summed E-state index contributed by atoms with van der Waals surface area (Å²) in [6, 6.07) is 8.93. The van der Waals surface area contributed by atoms with Crippen LogP contribution in [0.1, 0.15) is 35.2 Å². The molecule has 0 spiro atoms. The van der Waals surface area contributed by atoms with Gasteiger partial charge in [-0.15, -0.1) is 0 Å². The molecule has 3 aromatic rings. The maximum absolute atomic E-state index is 13.7. The third kappa shape index (κ3) is 3.22. The van der Waals surface area contributed by atoms with E-state index >= 15 is 0 Å². The molecule has 1 aromatic carbocycles. The highest BCUT2D eigenvalue weighted by Gasteiger charge is 2.49. The van der Waals surface area contributed by atoms with Gasteiger partial charge in [-0.25, -0.2) is 9.37 Å². The first kappa shape index (κ1) is 18.7. The molecule has 5 rings (SSSR count). The molecular formula is C22H22FN5O2. The maximum atomic E-state index is 13.7. The summed E-state index contributed by atoms with van der Waals surface area (Å²) in [5, 5.41) is 8.43. The minimum atomic E-state index is -0.389. The fraction of sp³-hybridized carbons (Fsp3) is 0.364. The van der Waals surface area contributed by atoms with E-state index in [0.29, 0.717) is 23.7 Å². The summed E-state index contributed by atoms with van der Waals surface area (Å²) in [7, 11) is 0. The van der Waals surface area contributed by atoms with Gasteiger partial charge in [-0.3, -0.25) is 4.79 Å². The molecule has 2 aromatic heterocycles. The number of fused-ring (bicyclic) bond motifs is 2. The van der Waals surface area contributed by atoms with Crippen molar-refractivity contribution >= 4 is 5.91 Å². The molecule has 2 bridgehead atoms. The molecule has 2 aliphatic heterocycles. The Kier molecular flexibility index (Phi) is 4.69. The van der Waals surface area contributed by atoms with Crippen LogP contribution < -0.4 is 4.74 Å². The van der Waals surface area contributed by atoms with Gasteiger partial charge in [0.05, 0.1) is 36.4 Å². The van der Waals surface area contributed by atoms with Crippen molar-refractivity contribution in [3.63, 3.8) is 0 Å². The molecule has 3 unspecified atom stereocenters. The van der Waals surface area contributed by atoms with Crippen molar-refractivity contribution in [2.24, 2.45) is 5.92 Å². The SMILES string of the molecule is Cc1cccc(-n2nccn2)c1C(=O)N1C2CCC1C(COc1ccc(F)cn1)C2. The Labute approximate surface area is 173 Å². The highest BCUT2D eigenvalue weighted by Crippen LogP contribution is 2.43. The van der Waals surface area contributed by atoms with Crippen molar-refractivity contribution in [2.75, 3.05) is 6.61 Å². The van der Waals surface area contributed by atoms with Gasteiger partial charge >= 0.3 is 0 Å². The number of rotatable bonds is 5. The summed E-state index contributed by atoms with van der Waals surface area (Å²) in [6.07, 6.45) is 7.22. The molecule has 2 aliphatic rings. The van der Waals surface area contributed by atoms with Gasteiger partial charge in [0.2, 0.25) is 5.88 Å². The summed E-state index contributed by atoms with van der Waals surface area (Å²) < 4.78 is 18.8. The Morgan fingerprint density at radius 3 is 2.80 bits per heavy atom. The smallest absolute Gasteiger partial charge is 0.256 e. The van der Waals surface area contributed by atoms with Crippen LogP contribution in [0.25, 0.3) is 5.69 Å². The average molecular weight is 407 g/mol. The molecule has 4 heterocycles. The number of aryl methyl sites for hydroxylation is 1. The predicted octanol–water partition coefficient (Wildman–Crippen LogP) is 3.18. The van der Waals surface area contributed by atoms with Gasteiger partial charge in [0.15, 0.2) is 0 Å². The van der Waals surface area contributed by atoms with Gasteiger partial charge < -0.3 is 9.64 Å². The van der Waals surface area contributed by atoms with Gasteiger partial charge in [-0.1, -0.05) is 12.1 Å². The second kappa shape index (κ2) is 7.51. The number of benzene rings is 1. The number of halogens is 1. The number of aromatic nitrogens is 4. The fourth-order valence-corrected chi connectivity index (χ4v) is 4.81. The van der Waals surface area contributed by atoms with Crippen LogP contribution in [0, 0.1) is 18.7 Å². The number of ether oxygens (including phenoxy) is 1. The monoisotopic (exact) mass is 407 g/mol. The molecule has 1 amide bonds. The average Bonchev–Trinajstić information content (AvgIpc) is 3.49. The Morgan fingerprint density at radius 1 is 1.20 bits per heavy atom. The van der Waals surface area contributed by atoms with E-state index in [1.807, 2.05) is 30.0 Å². The van der Waals surface area contributed by atoms with E-state index in [-0.39, 0.29) is 29.7 Å². The number of carbonyl (C=O) groups excluding carboxylic acids is 1. The van der Waals surface area contributed by atoms with E-state index in [2.05, 4.69) is 15.2 Å². The Bertz CT molecular complexity index is 1050. The molecule has 0 aliphatic carbocycles. The van der Waals surface area contributed by atoms with Gasteiger partial charge in [0.25, 0.3) is 5.91 Å². The third-order valence-electron chi connectivity index (χ3n) is 6.14. The van der Waals surface area contributed by atoms with Crippen molar-refractivity contribution < 1.29 is 13.9 Å². The zero-order chi connectivity index (χ0) is 20.7. The van der Waals surface area contributed by atoms with Crippen molar-refractivity contribution in [2.45, 2.75) is 38.3 Å². The van der Waals surface area contributed by atoms with Crippen molar-refractivity contribution in [1.29, 1.82) is 0 Å². The maximum Gasteiger partial charge on any atom is 0.256 e. The molecule has 0 saturated carbocycles. The second-order valence-corrected chi connectivity index (χ2v) is 7.92. The van der Waals surface area contributed by atoms with E-state index in [4.69, 9.17) is 4.74 Å². The molecule has 2 fully saturated rings. The summed E-state index contributed by atoms with van der Waals surface area (Å²) in [5.74, 6) is 0.271. The highest BCUT2D eigenvalue weighted by atomic mass is 19.1. The van der Waals surface area contributed by atoms with Crippen LogP contribution in [0.5, 0.6) is 5.88 Å². The van der Waals surface area contributed by atoms with Crippen molar-refractivity contribution in [3.8, 4) is 11.6 Å². The quantitative estimate of drug-likeness (QED) is 0.650. The standard InChI is InChI=1S/C22H22FN5O2/c1-14-3-2-4-19(28-25-9-10-26-28)21(14)22(29)27-17-6-7-18(27)15(11-17)13-30-20-8-5-16(23)12-24-20/h2-5,8-10,12,15,17-18H,6-7,11,13H2,1H3. The van der Waals surface area contributed by atoms with Gasteiger partial charge in [0, 0.05) is 24.1 Å². The lowest BCUT2D eigenvalue weighted by atomic mass is 9.90. The molecule has 154 valence electrons. The normalized spacial score (nSPS) is 22.5. The van der Waals surface area contributed by atoms with Crippen LogP contribution in [0.4, 0.5) is 4.39 Å². The molecule has 2 saturated heterocycles. The van der Waals surface area contributed by atoms with Gasteiger partial charge in [-0.05, 0) is 43.9 Å². The first-order chi connectivity index (χ1) is 14.6. The van der Waals surface area contributed by atoms with E-state index in [0.717, 1.165) is 31.0 Å². The Hall–Kier alpha value is -3.29. The van der Waals surface area contributed by atoms with Gasteiger partial charge in [-0.2, -0.15) is 15.0 Å². The van der Waals surface area contributed by atoms with Crippen LogP contribution in [0.15, 0.2) is 48.9 Å². The first-order valence-corrected chi connectivity index (χ1v) is 10.1. The van der Waals surface area contributed by atoms with Gasteiger partial charge in [0.1, 0.15) is 5.82 Å². The van der Waals surface area contributed by atoms with Crippen LogP contribution >= 0.6 is 0 Å². The topological polar surface area (TPSA) is 73.1 Å². The Balaban J connectivity index is 1.37. The Morgan fingerprint density at radius 2 is 2.03 bits per heavy atom. The summed E-state index contributed by atoms with van der Waals surface area (Å²) in [6.45, 7) is 2.41. The lowest BCUT2D eigenvalue weighted by molar-refractivity contribution is 0.0708. The van der Waals surface area contributed by atoms with E-state index in [1.54, 1.807) is 12.4 Å². The second-order valence-electron chi connectivity index (χ2n) is 7.92. The third-order valence-corrected chi connectivity index (χ3v) is 6.14. The lowest BCUT2D eigenvalue weighted by Gasteiger charge is -2.26. The largest absolute Gasteiger partial charge is 0.477 e. The molecule has 3 atom stereocenters. The summed E-state index contributed by atoms with van der Waals surface area (Å²) in [5.41, 5.74) is 2.25. The molecule has 30 heavy (non-hydrogen) atoms. The van der Waals surface area contributed by atoms with Crippen LogP contribution in [0.2, 0.25) is 0 Å². The van der Waals surface area contributed by atoms with Crippen LogP contribution in [-0.4, -0.2) is 49.5 Å². The molecule has 0 N–H and O–H groups in total. The van der Waals surface area contributed by atoms with Crippen molar-refractivity contribution in [3.05, 3.63) is 65.9 Å². The predicted molar refractivity (Wildman–Crippen MR) is 107 cm³/mol. The van der Waals surface area contributed by atoms with E-state index in [1.165, 1.54) is 16.9 Å². The number of hydrogen-bond acceptors (Lipinski definition) is 5. The molecule has 0 radical (unpaired) electrons. The number of carbonyl (C=O) groups is 1. The number of nitrogens with zero attached hydrogens (tertiary/aromatic N) is 5. The number of amides is 1. The van der Waals surface area contributed by atoms with Crippen LogP contribution in [-0.2, 0) is 0 Å². The first-order valence-electron chi connectivity index (χ1n) is 10.1. The zero-order valence-electron chi connectivity index (χ0n) is 16.6. The fourth-order valence-electron chi connectivity index (χ4n) is 4.81. The minimum Gasteiger partial charge on any atom is -0.477 e. The highest BCUT2D eigenvalue weighted by molar-refractivity contribution is 6.00. The lowest BCUT2D eigenvalue weighted by Crippen LogP contribution is -2.38. The van der Waals surface area contributed by atoms with E-state index < -0.39 is 0 Å². The molecule has 7 nitrogen and oxygen atoms in total. The van der Waals surface area contributed by atoms with E-state index in [9.17, 15) is 9.18 Å². The minimum absolute atomic E-state index is 0.0234. The number of hydrogen-bond donors (Lipinski definition) is 0. The zero-order valence-corrected chi connectivity index (χ0v) is 16.6. The molecular weight excluding hydrogens is 385 g/mol. The summed E-state index contributed by atoms with van der Waals surface area (Å²) >= 11 is 0. The summed E-state index contributed by atoms with van der Waals surface area (Å²) in [4.78, 5) is 21.2. The molecule has 8 heteroatoms.